The predicted molar refractivity (Wildman–Crippen MR) is 52.3 cm³/mol. The van der Waals surface area contributed by atoms with E-state index in [0.29, 0.717) is 0 Å². The Morgan fingerprint density at radius 1 is 1.54 bits per heavy atom. The summed E-state index contributed by atoms with van der Waals surface area (Å²) in [5.41, 5.74) is 5.92. The minimum Gasteiger partial charge on any atom is -0.327 e. The maximum absolute atomic E-state index is 5.92. The van der Waals surface area contributed by atoms with E-state index >= 15 is 0 Å². The topological polar surface area (TPSA) is 56.7 Å². The minimum atomic E-state index is 0.222. The van der Waals surface area contributed by atoms with Gasteiger partial charge in [-0.25, -0.2) is 0 Å². The fraction of sp³-hybridized carbons (Fsp3) is 0.778. The van der Waals surface area contributed by atoms with E-state index in [2.05, 4.69) is 24.0 Å². The van der Waals surface area contributed by atoms with E-state index in [1.807, 2.05) is 4.57 Å². The number of rotatable bonds is 5. The van der Waals surface area contributed by atoms with Gasteiger partial charge < -0.3 is 10.3 Å². The van der Waals surface area contributed by atoms with E-state index < -0.39 is 0 Å². The van der Waals surface area contributed by atoms with Gasteiger partial charge in [-0.05, 0) is 13.3 Å². The maximum atomic E-state index is 5.92. The van der Waals surface area contributed by atoms with Gasteiger partial charge in [0, 0.05) is 19.0 Å². The quantitative estimate of drug-likeness (QED) is 0.738. The van der Waals surface area contributed by atoms with Crippen LogP contribution >= 0.6 is 0 Å². The minimum absolute atomic E-state index is 0.222. The van der Waals surface area contributed by atoms with Gasteiger partial charge >= 0.3 is 0 Å². The van der Waals surface area contributed by atoms with Gasteiger partial charge in [-0.15, -0.1) is 10.2 Å². The summed E-state index contributed by atoms with van der Waals surface area (Å²) in [6, 6.07) is 0.222. The summed E-state index contributed by atoms with van der Waals surface area (Å²) in [5.74, 6) is 1.00. The Kier molecular flexibility index (Phi) is 3.89. The molecule has 0 amide bonds. The molecule has 74 valence electrons. The largest absolute Gasteiger partial charge is 0.327 e. The van der Waals surface area contributed by atoms with Crippen molar-refractivity contribution in [2.75, 3.05) is 0 Å². The summed E-state index contributed by atoms with van der Waals surface area (Å²) in [4.78, 5) is 0. The van der Waals surface area contributed by atoms with Crippen LogP contribution in [0.15, 0.2) is 6.33 Å². The molecule has 4 nitrogen and oxygen atoms in total. The van der Waals surface area contributed by atoms with Crippen molar-refractivity contribution in [1.82, 2.24) is 14.8 Å². The molecule has 0 bridgehead atoms. The van der Waals surface area contributed by atoms with E-state index in [-0.39, 0.29) is 6.04 Å². The molecule has 4 heteroatoms. The van der Waals surface area contributed by atoms with E-state index in [4.69, 9.17) is 5.73 Å². The average Bonchev–Trinajstić information content (AvgIpc) is 2.52. The fourth-order valence-electron chi connectivity index (χ4n) is 1.41. The molecule has 2 N–H and O–H groups in total. The second-order valence-electron chi connectivity index (χ2n) is 3.29. The van der Waals surface area contributed by atoms with E-state index in [0.717, 1.165) is 31.6 Å². The Balaban J connectivity index is 2.52. The summed E-state index contributed by atoms with van der Waals surface area (Å²) in [6.45, 7) is 5.14. The molecule has 0 aliphatic heterocycles. The molecule has 0 saturated heterocycles. The monoisotopic (exact) mass is 182 g/mol. The van der Waals surface area contributed by atoms with Gasteiger partial charge in [0.25, 0.3) is 0 Å². The van der Waals surface area contributed by atoms with Crippen molar-refractivity contribution in [2.45, 2.75) is 45.7 Å². The van der Waals surface area contributed by atoms with Crippen LogP contribution in [0.3, 0.4) is 0 Å². The lowest BCUT2D eigenvalue weighted by atomic mass is 10.1. The second kappa shape index (κ2) is 4.97. The van der Waals surface area contributed by atoms with Gasteiger partial charge in [-0.2, -0.15) is 0 Å². The molecular weight excluding hydrogens is 164 g/mol. The van der Waals surface area contributed by atoms with Crippen LogP contribution in [-0.4, -0.2) is 20.8 Å². The lowest BCUT2D eigenvalue weighted by Gasteiger charge is -2.09. The first-order valence-electron chi connectivity index (χ1n) is 4.90. The Bertz CT molecular complexity index is 244. The molecule has 0 aliphatic carbocycles. The first-order chi connectivity index (χ1) is 6.27. The molecule has 0 radical (unpaired) electrons. The van der Waals surface area contributed by atoms with Crippen LogP contribution in [-0.2, 0) is 13.0 Å². The Morgan fingerprint density at radius 3 is 2.92 bits per heavy atom. The SMILES string of the molecule is CCCC(N)Cc1nncn1CC. The van der Waals surface area contributed by atoms with Gasteiger partial charge in [0.05, 0.1) is 0 Å². The first kappa shape index (κ1) is 10.2. The average molecular weight is 182 g/mol. The zero-order valence-corrected chi connectivity index (χ0v) is 8.40. The summed E-state index contributed by atoms with van der Waals surface area (Å²) < 4.78 is 2.04. The molecule has 1 aromatic rings. The maximum Gasteiger partial charge on any atom is 0.134 e. The predicted octanol–water partition coefficient (Wildman–Crippen LogP) is 0.968. The van der Waals surface area contributed by atoms with Gasteiger partial charge in [0.15, 0.2) is 0 Å². The summed E-state index contributed by atoms with van der Waals surface area (Å²) in [7, 11) is 0. The Morgan fingerprint density at radius 2 is 2.31 bits per heavy atom. The molecule has 1 unspecified atom stereocenters. The van der Waals surface area contributed by atoms with Crippen LogP contribution in [0, 0.1) is 0 Å². The van der Waals surface area contributed by atoms with Crippen molar-refractivity contribution in [3.63, 3.8) is 0 Å². The summed E-state index contributed by atoms with van der Waals surface area (Å²) in [6.07, 6.45) is 4.77. The molecule has 0 spiro atoms. The zero-order valence-electron chi connectivity index (χ0n) is 8.40. The number of nitrogens with two attached hydrogens (primary N) is 1. The molecular formula is C9H18N4. The number of nitrogens with zero attached hydrogens (tertiary/aromatic N) is 3. The highest BCUT2D eigenvalue weighted by molar-refractivity contribution is 4.89. The standard InChI is InChI=1S/C9H18N4/c1-3-5-8(10)6-9-12-11-7-13(9)4-2/h7-8H,3-6,10H2,1-2H3. The molecule has 0 fully saturated rings. The number of hydrogen-bond acceptors (Lipinski definition) is 3. The highest BCUT2D eigenvalue weighted by atomic mass is 15.3. The Labute approximate surface area is 79.2 Å². The molecule has 0 saturated carbocycles. The van der Waals surface area contributed by atoms with Gasteiger partial charge in [-0.1, -0.05) is 13.3 Å². The third-order valence-electron chi connectivity index (χ3n) is 2.14. The highest BCUT2D eigenvalue weighted by Crippen LogP contribution is 2.02. The number of aryl methyl sites for hydroxylation is 1. The molecule has 1 atom stereocenters. The van der Waals surface area contributed by atoms with Crippen LogP contribution in [0.4, 0.5) is 0 Å². The molecule has 0 aromatic carbocycles. The molecule has 1 rings (SSSR count). The lowest BCUT2D eigenvalue weighted by molar-refractivity contribution is 0.562. The zero-order chi connectivity index (χ0) is 9.68. The van der Waals surface area contributed by atoms with Crippen molar-refractivity contribution < 1.29 is 0 Å². The van der Waals surface area contributed by atoms with E-state index in [1.165, 1.54) is 0 Å². The Hall–Kier alpha value is -0.900. The second-order valence-corrected chi connectivity index (χ2v) is 3.29. The smallest absolute Gasteiger partial charge is 0.134 e. The van der Waals surface area contributed by atoms with Gasteiger partial charge in [-0.3, -0.25) is 0 Å². The summed E-state index contributed by atoms with van der Waals surface area (Å²) >= 11 is 0. The van der Waals surface area contributed by atoms with Crippen molar-refractivity contribution in [2.24, 2.45) is 5.73 Å². The first-order valence-corrected chi connectivity index (χ1v) is 4.90. The molecule has 1 heterocycles. The van der Waals surface area contributed by atoms with Crippen molar-refractivity contribution in [3.8, 4) is 0 Å². The van der Waals surface area contributed by atoms with Crippen molar-refractivity contribution in [3.05, 3.63) is 12.2 Å². The van der Waals surface area contributed by atoms with Crippen LogP contribution in [0.25, 0.3) is 0 Å². The number of aromatic nitrogens is 3. The van der Waals surface area contributed by atoms with E-state index in [1.54, 1.807) is 6.33 Å². The lowest BCUT2D eigenvalue weighted by Crippen LogP contribution is -2.24. The van der Waals surface area contributed by atoms with Crippen LogP contribution in [0.5, 0.6) is 0 Å². The van der Waals surface area contributed by atoms with Gasteiger partial charge in [0.1, 0.15) is 12.2 Å². The molecule has 13 heavy (non-hydrogen) atoms. The van der Waals surface area contributed by atoms with Gasteiger partial charge in [0.2, 0.25) is 0 Å². The fourth-order valence-corrected chi connectivity index (χ4v) is 1.41. The van der Waals surface area contributed by atoms with E-state index in [9.17, 15) is 0 Å². The normalized spacial score (nSPS) is 13.2. The van der Waals surface area contributed by atoms with Crippen molar-refractivity contribution in [1.29, 1.82) is 0 Å². The molecule has 1 aromatic heterocycles. The summed E-state index contributed by atoms with van der Waals surface area (Å²) in [5, 5.41) is 7.91. The van der Waals surface area contributed by atoms with Crippen LogP contribution in [0.2, 0.25) is 0 Å². The number of hydrogen-bond donors (Lipinski definition) is 1. The molecule has 0 aliphatic rings. The van der Waals surface area contributed by atoms with Crippen LogP contribution < -0.4 is 5.73 Å². The van der Waals surface area contributed by atoms with Crippen molar-refractivity contribution >= 4 is 0 Å². The highest BCUT2D eigenvalue weighted by Gasteiger charge is 2.07. The third-order valence-corrected chi connectivity index (χ3v) is 2.14. The van der Waals surface area contributed by atoms with Crippen LogP contribution in [0.1, 0.15) is 32.5 Å². The third kappa shape index (κ3) is 2.81.